The molecule has 0 spiro atoms. The molecule has 0 heterocycles. The lowest BCUT2D eigenvalue weighted by Gasteiger charge is -2.22. The van der Waals surface area contributed by atoms with E-state index in [4.69, 9.17) is 0 Å². The Morgan fingerprint density at radius 2 is 1.76 bits per heavy atom. The Morgan fingerprint density at radius 3 is 2.53 bits per heavy atom. The van der Waals surface area contributed by atoms with Gasteiger partial charge in [-0.15, -0.1) is 0 Å². The molecule has 0 nitrogen and oxygen atoms in total. The minimum atomic E-state index is -0.234. The average Bonchev–Trinajstić information content (AvgIpc) is 2.49. The number of rotatable bonds is 0. The van der Waals surface area contributed by atoms with Crippen LogP contribution in [0.1, 0.15) is 30.5 Å². The lowest BCUT2D eigenvalue weighted by molar-refractivity contribution is 0.559. The molecule has 17 heavy (non-hydrogen) atoms. The van der Waals surface area contributed by atoms with Crippen LogP contribution in [-0.4, -0.2) is 0 Å². The maximum absolute atomic E-state index is 14.1. The Bertz CT molecular complexity index is 609. The van der Waals surface area contributed by atoms with Crippen molar-refractivity contribution in [2.75, 3.05) is 0 Å². The van der Waals surface area contributed by atoms with Gasteiger partial charge in [0.25, 0.3) is 0 Å². The smallest absolute Gasteiger partial charge is 0.127 e. The summed E-state index contributed by atoms with van der Waals surface area (Å²) in [7, 11) is 0. The van der Waals surface area contributed by atoms with Crippen LogP contribution in [0.15, 0.2) is 36.4 Å². The zero-order valence-corrected chi connectivity index (χ0v) is 10.3. The molecular formula is C16H15F. The first-order valence-electron chi connectivity index (χ1n) is 5.92. The first-order valence-corrected chi connectivity index (χ1v) is 5.92. The molecule has 1 aliphatic rings. The fourth-order valence-corrected chi connectivity index (χ4v) is 2.93. The summed E-state index contributed by atoms with van der Waals surface area (Å²) in [5, 5.41) is 0. The van der Waals surface area contributed by atoms with Crippen LogP contribution in [0.3, 0.4) is 0 Å². The van der Waals surface area contributed by atoms with Gasteiger partial charge in [-0.3, -0.25) is 0 Å². The van der Waals surface area contributed by atoms with E-state index in [2.05, 4.69) is 39.0 Å². The molecule has 0 saturated carbocycles. The fraction of sp³-hybridized carbons (Fsp3) is 0.250. The van der Waals surface area contributed by atoms with E-state index in [-0.39, 0.29) is 11.2 Å². The highest BCUT2D eigenvalue weighted by atomic mass is 19.1. The molecule has 0 aromatic heterocycles. The third kappa shape index (κ3) is 1.28. The minimum absolute atomic E-state index is 0.0960. The van der Waals surface area contributed by atoms with Crippen LogP contribution in [0.25, 0.3) is 11.1 Å². The SMILES string of the molecule is Cc1ccc2c(c1)C(C)(C)c1c(F)cccc1-2. The second-order valence-corrected chi connectivity index (χ2v) is 5.34. The molecule has 1 aliphatic carbocycles. The van der Waals surface area contributed by atoms with Crippen LogP contribution in [0.2, 0.25) is 0 Å². The van der Waals surface area contributed by atoms with E-state index < -0.39 is 0 Å². The van der Waals surface area contributed by atoms with Gasteiger partial charge in [-0.05, 0) is 29.7 Å². The molecule has 0 fully saturated rings. The van der Waals surface area contributed by atoms with Crippen molar-refractivity contribution in [2.24, 2.45) is 0 Å². The molecule has 0 saturated heterocycles. The summed E-state index contributed by atoms with van der Waals surface area (Å²) in [5.74, 6) is -0.0960. The molecule has 0 radical (unpaired) electrons. The average molecular weight is 226 g/mol. The second kappa shape index (κ2) is 3.19. The van der Waals surface area contributed by atoms with E-state index in [9.17, 15) is 4.39 Å². The summed E-state index contributed by atoms with van der Waals surface area (Å²) >= 11 is 0. The zero-order chi connectivity index (χ0) is 12.2. The molecule has 2 aromatic rings. The number of hydrogen-bond acceptors (Lipinski definition) is 0. The quantitative estimate of drug-likeness (QED) is 0.623. The number of halogens is 1. The van der Waals surface area contributed by atoms with E-state index in [1.54, 1.807) is 12.1 Å². The van der Waals surface area contributed by atoms with Crippen LogP contribution in [-0.2, 0) is 5.41 Å². The first-order chi connectivity index (χ1) is 8.01. The van der Waals surface area contributed by atoms with Crippen LogP contribution in [0.5, 0.6) is 0 Å². The molecule has 1 heteroatoms. The lowest BCUT2D eigenvalue weighted by Crippen LogP contribution is -2.16. The summed E-state index contributed by atoms with van der Waals surface area (Å²) in [6.45, 7) is 6.27. The standard InChI is InChI=1S/C16H15F/c1-10-7-8-11-12-5-4-6-14(17)15(12)16(2,3)13(11)9-10/h4-9H,1-3H3. The summed E-state index contributed by atoms with van der Waals surface area (Å²) in [6.07, 6.45) is 0. The predicted molar refractivity (Wildman–Crippen MR) is 68.7 cm³/mol. The molecule has 2 aromatic carbocycles. The van der Waals surface area contributed by atoms with E-state index in [0.29, 0.717) is 0 Å². The molecule has 0 aliphatic heterocycles. The Labute approximate surface area is 101 Å². The largest absolute Gasteiger partial charge is 0.207 e. The van der Waals surface area contributed by atoms with Crippen molar-refractivity contribution in [3.05, 3.63) is 58.9 Å². The molecular weight excluding hydrogens is 211 g/mol. The molecule has 0 bridgehead atoms. The van der Waals surface area contributed by atoms with Crippen molar-refractivity contribution in [3.8, 4) is 11.1 Å². The Morgan fingerprint density at radius 1 is 1.00 bits per heavy atom. The highest BCUT2D eigenvalue weighted by molar-refractivity contribution is 5.81. The van der Waals surface area contributed by atoms with Gasteiger partial charge < -0.3 is 0 Å². The van der Waals surface area contributed by atoms with Gasteiger partial charge in [0.15, 0.2) is 0 Å². The van der Waals surface area contributed by atoms with Crippen molar-refractivity contribution in [1.29, 1.82) is 0 Å². The molecule has 0 N–H and O–H groups in total. The lowest BCUT2D eigenvalue weighted by atomic mass is 9.82. The van der Waals surface area contributed by atoms with Crippen LogP contribution in [0, 0.1) is 12.7 Å². The van der Waals surface area contributed by atoms with Crippen molar-refractivity contribution in [2.45, 2.75) is 26.2 Å². The summed E-state index contributed by atoms with van der Waals surface area (Å²) in [5.41, 5.74) is 5.28. The van der Waals surface area contributed by atoms with Crippen molar-refractivity contribution in [1.82, 2.24) is 0 Å². The number of fused-ring (bicyclic) bond motifs is 3. The first kappa shape index (κ1) is 10.5. The van der Waals surface area contributed by atoms with Crippen LogP contribution < -0.4 is 0 Å². The topological polar surface area (TPSA) is 0 Å². The van der Waals surface area contributed by atoms with Crippen molar-refractivity contribution >= 4 is 0 Å². The Kier molecular flexibility index (Phi) is 1.97. The van der Waals surface area contributed by atoms with Gasteiger partial charge in [-0.1, -0.05) is 49.7 Å². The van der Waals surface area contributed by atoms with Gasteiger partial charge in [0.1, 0.15) is 5.82 Å². The van der Waals surface area contributed by atoms with Crippen LogP contribution in [0.4, 0.5) is 4.39 Å². The van der Waals surface area contributed by atoms with E-state index in [1.807, 2.05) is 6.07 Å². The molecule has 0 atom stereocenters. The Hall–Kier alpha value is -1.63. The van der Waals surface area contributed by atoms with Gasteiger partial charge in [0, 0.05) is 11.0 Å². The molecule has 86 valence electrons. The highest BCUT2D eigenvalue weighted by Crippen LogP contribution is 2.49. The summed E-state index contributed by atoms with van der Waals surface area (Å²) in [4.78, 5) is 0. The van der Waals surface area contributed by atoms with Gasteiger partial charge >= 0.3 is 0 Å². The van der Waals surface area contributed by atoms with Gasteiger partial charge in [0.2, 0.25) is 0 Å². The molecule has 3 rings (SSSR count). The molecule has 0 amide bonds. The van der Waals surface area contributed by atoms with Crippen LogP contribution >= 0.6 is 0 Å². The third-order valence-electron chi connectivity index (χ3n) is 3.78. The van der Waals surface area contributed by atoms with E-state index >= 15 is 0 Å². The van der Waals surface area contributed by atoms with E-state index in [1.165, 1.54) is 16.7 Å². The second-order valence-electron chi connectivity index (χ2n) is 5.34. The monoisotopic (exact) mass is 226 g/mol. The third-order valence-corrected chi connectivity index (χ3v) is 3.78. The number of aryl methyl sites for hydroxylation is 1. The predicted octanol–water partition coefficient (Wildman–Crippen LogP) is 4.44. The molecule has 0 unspecified atom stereocenters. The minimum Gasteiger partial charge on any atom is -0.207 e. The zero-order valence-electron chi connectivity index (χ0n) is 10.3. The summed E-state index contributed by atoms with van der Waals surface area (Å²) < 4.78 is 14.1. The van der Waals surface area contributed by atoms with Gasteiger partial charge in [0.05, 0.1) is 0 Å². The maximum Gasteiger partial charge on any atom is 0.127 e. The van der Waals surface area contributed by atoms with E-state index in [0.717, 1.165) is 11.1 Å². The number of hydrogen-bond donors (Lipinski definition) is 0. The van der Waals surface area contributed by atoms with Crippen molar-refractivity contribution in [3.63, 3.8) is 0 Å². The maximum atomic E-state index is 14.1. The van der Waals surface area contributed by atoms with Gasteiger partial charge in [-0.25, -0.2) is 4.39 Å². The number of benzene rings is 2. The summed E-state index contributed by atoms with van der Waals surface area (Å²) in [6, 6.07) is 11.7. The normalized spacial score (nSPS) is 15.5. The van der Waals surface area contributed by atoms with Crippen molar-refractivity contribution < 1.29 is 4.39 Å². The van der Waals surface area contributed by atoms with Gasteiger partial charge in [-0.2, -0.15) is 0 Å². The Balaban J connectivity index is 2.42. The highest BCUT2D eigenvalue weighted by Gasteiger charge is 2.37. The fourth-order valence-electron chi connectivity index (χ4n) is 2.93.